The van der Waals surface area contributed by atoms with Gasteiger partial charge in [0.2, 0.25) is 11.8 Å². The number of para-hydroxylation sites is 2. The first kappa shape index (κ1) is 18.5. The standard InChI is InChI=1S/C20H24N2O3/c1-4-16-9-11-17(12-10-16)22(15(2)23)14-13-20(24)21-18-7-5-6-8-19(18)25-3/h5-12H,4,13-14H2,1-3H3,(H,21,24). The van der Waals surface area contributed by atoms with E-state index in [4.69, 9.17) is 4.74 Å². The van der Waals surface area contributed by atoms with E-state index in [-0.39, 0.29) is 18.2 Å². The van der Waals surface area contributed by atoms with Gasteiger partial charge in [0.25, 0.3) is 0 Å². The molecule has 2 aromatic carbocycles. The second-order valence-corrected chi connectivity index (χ2v) is 5.69. The van der Waals surface area contributed by atoms with E-state index in [0.717, 1.165) is 12.1 Å². The SMILES string of the molecule is CCc1ccc(N(CCC(=O)Nc2ccccc2OC)C(C)=O)cc1. The molecule has 0 atom stereocenters. The van der Waals surface area contributed by atoms with E-state index >= 15 is 0 Å². The van der Waals surface area contributed by atoms with Gasteiger partial charge in [-0.2, -0.15) is 0 Å². The number of aryl methyl sites for hydroxylation is 1. The van der Waals surface area contributed by atoms with Crippen LogP contribution >= 0.6 is 0 Å². The minimum atomic E-state index is -0.166. The van der Waals surface area contributed by atoms with Gasteiger partial charge < -0.3 is 15.0 Å². The third-order valence-electron chi connectivity index (χ3n) is 3.98. The number of rotatable bonds is 7. The summed E-state index contributed by atoms with van der Waals surface area (Å²) in [5.74, 6) is 0.352. The van der Waals surface area contributed by atoms with Crippen molar-refractivity contribution >= 4 is 23.2 Å². The van der Waals surface area contributed by atoms with Crippen LogP contribution < -0.4 is 15.0 Å². The van der Waals surface area contributed by atoms with Crippen molar-refractivity contribution in [2.75, 3.05) is 23.9 Å². The van der Waals surface area contributed by atoms with Crippen LogP contribution in [0.25, 0.3) is 0 Å². The number of nitrogens with zero attached hydrogens (tertiary/aromatic N) is 1. The number of hydrogen-bond acceptors (Lipinski definition) is 3. The van der Waals surface area contributed by atoms with E-state index in [0.29, 0.717) is 18.0 Å². The van der Waals surface area contributed by atoms with E-state index in [1.165, 1.54) is 12.5 Å². The molecule has 5 nitrogen and oxygen atoms in total. The van der Waals surface area contributed by atoms with Gasteiger partial charge >= 0.3 is 0 Å². The molecule has 132 valence electrons. The van der Waals surface area contributed by atoms with Crippen molar-refractivity contribution in [2.45, 2.75) is 26.7 Å². The lowest BCUT2D eigenvalue weighted by Gasteiger charge is -2.21. The van der Waals surface area contributed by atoms with Crippen LogP contribution in [-0.2, 0) is 16.0 Å². The van der Waals surface area contributed by atoms with E-state index in [9.17, 15) is 9.59 Å². The summed E-state index contributed by atoms with van der Waals surface area (Å²) in [6.07, 6.45) is 1.15. The molecule has 0 heterocycles. The van der Waals surface area contributed by atoms with Crippen LogP contribution in [0.3, 0.4) is 0 Å². The first-order valence-electron chi connectivity index (χ1n) is 8.35. The summed E-state index contributed by atoms with van der Waals surface area (Å²) in [4.78, 5) is 25.8. The zero-order valence-corrected chi connectivity index (χ0v) is 14.9. The average Bonchev–Trinajstić information content (AvgIpc) is 2.62. The molecule has 2 rings (SSSR count). The molecule has 2 aromatic rings. The van der Waals surface area contributed by atoms with Crippen LogP contribution in [-0.4, -0.2) is 25.5 Å². The number of methoxy groups -OCH3 is 1. The number of carbonyl (C=O) groups is 2. The molecule has 0 radical (unpaired) electrons. The van der Waals surface area contributed by atoms with Crippen LogP contribution in [0.1, 0.15) is 25.8 Å². The molecule has 0 saturated heterocycles. The molecule has 0 spiro atoms. The summed E-state index contributed by atoms with van der Waals surface area (Å²) in [5, 5.41) is 2.82. The van der Waals surface area contributed by atoms with Crippen molar-refractivity contribution in [3.8, 4) is 5.75 Å². The third-order valence-corrected chi connectivity index (χ3v) is 3.98. The molecule has 0 fully saturated rings. The van der Waals surface area contributed by atoms with Crippen LogP contribution in [0.15, 0.2) is 48.5 Å². The third kappa shape index (κ3) is 5.08. The van der Waals surface area contributed by atoms with Gasteiger partial charge in [-0.1, -0.05) is 31.2 Å². The summed E-state index contributed by atoms with van der Waals surface area (Å²) >= 11 is 0. The lowest BCUT2D eigenvalue weighted by Crippen LogP contribution is -2.32. The summed E-state index contributed by atoms with van der Waals surface area (Å²) in [7, 11) is 1.56. The van der Waals surface area contributed by atoms with Crippen LogP contribution in [0.4, 0.5) is 11.4 Å². The van der Waals surface area contributed by atoms with Crippen LogP contribution in [0, 0.1) is 0 Å². The minimum Gasteiger partial charge on any atom is -0.495 e. The number of amides is 2. The zero-order valence-electron chi connectivity index (χ0n) is 14.9. The summed E-state index contributed by atoms with van der Waals surface area (Å²) in [6.45, 7) is 3.91. The molecule has 1 N–H and O–H groups in total. The Morgan fingerprint density at radius 3 is 2.36 bits per heavy atom. The number of anilines is 2. The molecule has 0 aliphatic rings. The van der Waals surface area contributed by atoms with Gasteiger partial charge in [0, 0.05) is 25.6 Å². The number of carbonyl (C=O) groups excluding carboxylic acids is 2. The lowest BCUT2D eigenvalue weighted by atomic mass is 10.1. The van der Waals surface area contributed by atoms with E-state index < -0.39 is 0 Å². The highest BCUT2D eigenvalue weighted by Crippen LogP contribution is 2.23. The predicted octanol–water partition coefficient (Wildman–Crippen LogP) is 3.64. The summed E-state index contributed by atoms with van der Waals surface area (Å²) < 4.78 is 5.22. The van der Waals surface area contributed by atoms with Gasteiger partial charge in [-0.3, -0.25) is 9.59 Å². The maximum atomic E-state index is 12.2. The van der Waals surface area contributed by atoms with E-state index in [1.54, 1.807) is 24.1 Å². The highest BCUT2D eigenvalue weighted by Gasteiger charge is 2.14. The van der Waals surface area contributed by atoms with Crippen molar-refractivity contribution in [2.24, 2.45) is 0 Å². The molecule has 2 amide bonds. The highest BCUT2D eigenvalue weighted by molar-refractivity contribution is 5.95. The molecule has 0 aliphatic heterocycles. The molecule has 0 saturated carbocycles. The summed E-state index contributed by atoms with van der Waals surface area (Å²) in [5.41, 5.74) is 2.63. The second-order valence-electron chi connectivity index (χ2n) is 5.69. The fraction of sp³-hybridized carbons (Fsp3) is 0.300. The van der Waals surface area contributed by atoms with Crippen molar-refractivity contribution in [3.63, 3.8) is 0 Å². The maximum absolute atomic E-state index is 12.2. The average molecular weight is 340 g/mol. The Morgan fingerprint density at radius 1 is 1.08 bits per heavy atom. The number of benzene rings is 2. The van der Waals surface area contributed by atoms with Crippen molar-refractivity contribution in [3.05, 3.63) is 54.1 Å². The topological polar surface area (TPSA) is 58.6 Å². The molecule has 0 unspecified atom stereocenters. The molecule has 5 heteroatoms. The smallest absolute Gasteiger partial charge is 0.226 e. The zero-order chi connectivity index (χ0) is 18.2. The monoisotopic (exact) mass is 340 g/mol. The number of nitrogens with one attached hydrogen (secondary N) is 1. The molecule has 25 heavy (non-hydrogen) atoms. The van der Waals surface area contributed by atoms with Gasteiger partial charge in [0.05, 0.1) is 12.8 Å². The van der Waals surface area contributed by atoms with Gasteiger partial charge in [-0.25, -0.2) is 0 Å². The minimum absolute atomic E-state index is 0.0886. The van der Waals surface area contributed by atoms with Crippen molar-refractivity contribution in [1.29, 1.82) is 0 Å². The molecule has 0 aliphatic carbocycles. The second kappa shape index (κ2) is 8.87. The van der Waals surface area contributed by atoms with Gasteiger partial charge in [0.15, 0.2) is 0 Å². The summed E-state index contributed by atoms with van der Waals surface area (Å²) in [6, 6.07) is 15.1. The number of ether oxygens (including phenoxy) is 1. The highest BCUT2D eigenvalue weighted by atomic mass is 16.5. The Hall–Kier alpha value is -2.82. The fourth-order valence-corrected chi connectivity index (χ4v) is 2.55. The first-order valence-corrected chi connectivity index (χ1v) is 8.35. The normalized spacial score (nSPS) is 10.2. The van der Waals surface area contributed by atoms with Gasteiger partial charge in [-0.05, 0) is 36.2 Å². The van der Waals surface area contributed by atoms with Crippen molar-refractivity contribution in [1.82, 2.24) is 0 Å². The van der Waals surface area contributed by atoms with E-state index in [2.05, 4.69) is 12.2 Å². The quantitative estimate of drug-likeness (QED) is 0.837. The van der Waals surface area contributed by atoms with Crippen LogP contribution in [0.2, 0.25) is 0 Å². The Labute approximate surface area is 148 Å². The lowest BCUT2D eigenvalue weighted by molar-refractivity contribution is -0.117. The van der Waals surface area contributed by atoms with Gasteiger partial charge in [-0.15, -0.1) is 0 Å². The Morgan fingerprint density at radius 2 is 1.76 bits per heavy atom. The molecular weight excluding hydrogens is 316 g/mol. The van der Waals surface area contributed by atoms with Gasteiger partial charge in [0.1, 0.15) is 5.75 Å². The van der Waals surface area contributed by atoms with Crippen molar-refractivity contribution < 1.29 is 14.3 Å². The molecular formula is C20H24N2O3. The van der Waals surface area contributed by atoms with Crippen LogP contribution in [0.5, 0.6) is 5.75 Å². The molecule has 0 bridgehead atoms. The predicted molar refractivity (Wildman–Crippen MR) is 100 cm³/mol. The fourth-order valence-electron chi connectivity index (χ4n) is 2.55. The maximum Gasteiger partial charge on any atom is 0.226 e. The first-order chi connectivity index (χ1) is 12.0. The molecule has 0 aromatic heterocycles. The number of hydrogen-bond donors (Lipinski definition) is 1. The Balaban J connectivity index is 2.00. The Kier molecular flexibility index (Phi) is 6.57. The van der Waals surface area contributed by atoms with E-state index in [1.807, 2.05) is 36.4 Å². The Bertz CT molecular complexity index is 726. The largest absolute Gasteiger partial charge is 0.495 e.